The lowest BCUT2D eigenvalue weighted by atomic mass is 9.84. The van der Waals surface area contributed by atoms with Gasteiger partial charge < -0.3 is 14.9 Å². The number of amides is 1. The Morgan fingerprint density at radius 1 is 1.33 bits per heavy atom. The summed E-state index contributed by atoms with van der Waals surface area (Å²) in [4.78, 5) is 16.4. The quantitative estimate of drug-likeness (QED) is 0.783. The first-order chi connectivity index (χ1) is 11.3. The minimum Gasteiger partial charge on any atom is -0.465 e. The van der Waals surface area contributed by atoms with Gasteiger partial charge >= 0.3 is 6.09 Å². The molecule has 130 valence electrons. The Morgan fingerprint density at radius 2 is 2.08 bits per heavy atom. The highest BCUT2D eigenvalue weighted by Crippen LogP contribution is 2.52. The average Bonchev–Trinajstić information content (AvgIpc) is 2.85. The molecule has 1 aromatic rings. The van der Waals surface area contributed by atoms with E-state index in [0.29, 0.717) is 24.9 Å². The summed E-state index contributed by atoms with van der Waals surface area (Å²) in [6.45, 7) is 7.75. The van der Waals surface area contributed by atoms with Crippen molar-refractivity contribution in [2.24, 2.45) is 5.41 Å². The number of anilines is 1. The first kappa shape index (κ1) is 15.9. The van der Waals surface area contributed by atoms with Crippen molar-refractivity contribution >= 4 is 22.6 Å². The lowest BCUT2D eigenvalue weighted by Gasteiger charge is -2.48. The van der Waals surface area contributed by atoms with Crippen LogP contribution in [0.2, 0.25) is 0 Å². The maximum atomic E-state index is 12.8. The Kier molecular flexibility index (Phi) is 3.46. The van der Waals surface area contributed by atoms with E-state index < -0.39 is 16.9 Å². The lowest BCUT2D eigenvalue weighted by molar-refractivity contribution is 0.124. The number of carbonyl (C=O) groups is 1. The summed E-state index contributed by atoms with van der Waals surface area (Å²) in [5.74, 6) is 0.844. The molecule has 0 aromatic heterocycles. The third-order valence-corrected chi connectivity index (χ3v) is 7.22. The van der Waals surface area contributed by atoms with Crippen LogP contribution >= 0.6 is 0 Å². The zero-order valence-corrected chi connectivity index (χ0v) is 15.2. The van der Waals surface area contributed by atoms with Gasteiger partial charge in [0, 0.05) is 36.8 Å². The molecule has 1 amide bonds. The molecule has 4 rings (SSSR count). The van der Waals surface area contributed by atoms with Crippen LogP contribution in [0.25, 0.3) is 0 Å². The van der Waals surface area contributed by atoms with Crippen LogP contribution in [0.1, 0.15) is 38.7 Å². The van der Waals surface area contributed by atoms with Gasteiger partial charge in [-0.15, -0.1) is 0 Å². The molecule has 3 aliphatic heterocycles. The number of hydrogen-bond acceptors (Lipinski definition) is 3. The van der Waals surface area contributed by atoms with E-state index in [1.165, 1.54) is 10.5 Å². The predicted molar refractivity (Wildman–Crippen MR) is 94.2 cm³/mol. The van der Waals surface area contributed by atoms with E-state index in [1.54, 1.807) is 0 Å². The third kappa shape index (κ3) is 2.19. The van der Waals surface area contributed by atoms with Gasteiger partial charge in [-0.2, -0.15) is 0 Å². The van der Waals surface area contributed by atoms with Crippen molar-refractivity contribution in [3.63, 3.8) is 0 Å². The van der Waals surface area contributed by atoms with Crippen LogP contribution < -0.4 is 4.90 Å². The third-order valence-electron chi connectivity index (χ3n) is 5.78. The molecule has 6 heteroatoms. The maximum absolute atomic E-state index is 12.8. The molecule has 1 fully saturated rings. The number of fused-ring (bicyclic) bond motifs is 3. The van der Waals surface area contributed by atoms with E-state index in [9.17, 15) is 14.1 Å². The van der Waals surface area contributed by atoms with Crippen molar-refractivity contribution in [3.05, 3.63) is 23.8 Å². The van der Waals surface area contributed by atoms with Crippen LogP contribution in [0.4, 0.5) is 10.5 Å². The van der Waals surface area contributed by atoms with Crippen molar-refractivity contribution in [2.75, 3.05) is 23.7 Å². The van der Waals surface area contributed by atoms with Crippen LogP contribution in [0, 0.1) is 5.41 Å². The standard InChI is InChI=1S/C18H24N2O3S/c1-18(2,3)15-10-24(23)14-6-4-5-11-12-9-19(17(21)22)8-7-13(12)20(15)16(11)14/h4-6,12-13,15H,7-10H2,1-3H3,(H,21,22)/t12-,13-,15?,24?/m1/s1. The van der Waals surface area contributed by atoms with Gasteiger partial charge in [-0.1, -0.05) is 32.9 Å². The molecule has 0 aliphatic carbocycles. The van der Waals surface area contributed by atoms with E-state index in [1.807, 2.05) is 12.1 Å². The van der Waals surface area contributed by atoms with Gasteiger partial charge in [-0.3, -0.25) is 4.21 Å². The highest BCUT2D eigenvalue weighted by atomic mass is 32.2. The Labute approximate surface area is 145 Å². The van der Waals surface area contributed by atoms with Crippen LogP contribution in [0.15, 0.2) is 23.1 Å². The predicted octanol–water partition coefficient (Wildman–Crippen LogP) is 2.88. The smallest absolute Gasteiger partial charge is 0.407 e. The minimum absolute atomic E-state index is 0.0271. The van der Waals surface area contributed by atoms with E-state index >= 15 is 0 Å². The minimum atomic E-state index is -0.985. The summed E-state index contributed by atoms with van der Waals surface area (Å²) in [5, 5.41) is 9.38. The Bertz CT molecular complexity index is 727. The fraction of sp³-hybridized carbons (Fsp3) is 0.611. The lowest BCUT2D eigenvalue weighted by Crippen LogP contribution is -2.56. The van der Waals surface area contributed by atoms with Crippen molar-refractivity contribution < 1.29 is 14.1 Å². The maximum Gasteiger partial charge on any atom is 0.407 e. The van der Waals surface area contributed by atoms with Crippen LogP contribution in [-0.4, -0.2) is 51.2 Å². The van der Waals surface area contributed by atoms with Crippen molar-refractivity contribution in [3.8, 4) is 0 Å². The number of hydrogen-bond donors (Lipinski definition) is 1. The second-order valence-corrected chi connectivity index (χ2v) is 9.65. The monoisotopic (exact) mass is 348 g/mol. The molecule has 0 radical (unpaired) electrons. The molecule has 4 atom stereocenters. The highest BCUT2D eigenvalue weighted by Gasteiger charge is 2.51. The summed E-state index contributed by atoms with van der Waals surface area (Å²) in [6, 6.07) is 6.60. The van der Waals surface area contributed by atoms with Gasteiger partial charge in [-0.05, 0) is 23.5 Å². The largest absolute Gasteiger partial charge is 0.465 e. The molecule has 0 saturated carbocycles. The zero-order chi connectivity index (χ0) is 17.2. The molecule has 0 bridgehead atoms. The van der Waals surface area contributed by atoms with E-state index in [-0.39, 0.29) is 17.4 Å². The van der Waals surface area contributed by atoms with Crippen LogP contribution in [0.5, 0.6) is 0 Å². The molecule has 5 nitrogen and oxygen atoms in total. The number of rotatable bonds is 0. The SMILES string of the molecule is CC(C)(C)C1CS(=O)c2cccc3c2N1[C@@H]1CCN(C(=O)O)C[C@H]31. The highest BCUT2D eigenvalue weighted by molar-refractivity contribution is 7.85. The molecule has 1 N–H and O–H groups in total. The van der Waals surface area contributed by atoms with E-state index in [0.717, 1.165) is 17.0 Å². The number of carboxylic acid groups (broad SMARTS) is 1. The zero-order valence-electron chi connectivity index (χ0n) is 14.4. The van der Waals surface area contributed by atoms with Gasteiger partial charge in [0.25, 0.3) is 0 Å². The van der Waals surface area contributed by atoms with Gasteiger partial charge in [0.15, 0.2) is 0 Å². The van der Waals surface area contributed by atoms with Gasteiger partial charge in [-0.25, -0.2) is 4.79 Å². The molecule has 2 unspecified atom stereocenters. The fourth-order valence-corrected chi connectivity index (χ4v) is 6.38. The van der Waals surface area contributed by atoms with Crippen LogP contribution in [-0.2, 0) is 10.8 Å². The van der Waals surface area contributed by atoms with Gasteiger partial charge in [0.2, 0.25) is 0 Å². The number of nitrogens with zero attached hydrogens (tertiary/aromatic N) is 2. The van der Waals surface area contributed by atoms with Gasteiger partial charge in [0.1, 0.15) is 0 Å². The summed E-state index contributed by atoms with van der Waals surface area (Å²) in [6.07, 6.45) is 0.0000307. The number of piperidine rings is 1. The number of benzene rings is 1. The first-order valence-electron chi connectivity index (χ1n) is 8.56. The number of likely N-dealkylation sites (tertiary alicyclic amines) is 1. The molecule has 0 spiro atoms. The summed E-state index contributed by atoms with van der Waals surface area (Å²) in [5.41, 5.74) is 2.34. The molecule has 1 saturated heterocycles. The van der Waals surface area contributed by atoms with E-state index in [2.05, 4.69) is 31.7 Å². The average molecular weight is 348 g/mol. The topological polar surface area (TPSA) is 60.9 Å². The first-order valence-corrected chi connectivity index (χ1v) is 9.88. The molecule has 1 aromatic carbocycles. The molecule has 3 heterocycles. The van der Waals surface area contributed by atoms with Crippen molar-refractivity contribution in [2.45, 2.75) is 50.1 Å². The van der Waals surface area contributed by atoms with Gasteiger partial charge in [0.05, 0.1) is 21.4 Å². The van der Waals surface area contributed by atoms with Crippen molar-refractivity contribution in [1.29, 1.82) is 0 Å². The normalized spacial score (nSPS) is 31.6. The Hall–Kier alpha value is -1.56. The summed E-state index contributed by atoms with van der Waals surface area (Å²) in [7, 11) is -0.985. The van der Waals surface area contributed by atoms with Crippen molar-refractivity contribution in [1.82, 2.24) is 4.90 Å². The molecular weight excluding hydrogens is 324 g/mol. The number of para-hydroxylation sites is 1. The second kappa shape index (κ2) is 5.22. The molecule has 24 heavy (non-hydrogen) atoms. The second-order valence-electron chi connectivity index (χ2n) is 8.19. The molecule has 3 aliphatic rings. The Balaban J connectivity index is 1.84. The molecular formula is C18H24N2O3S. The van der Waals surface area contributed by atoms with Crippen LogP contribution in [0.3, 0.4) is 0 Å². The fourth-order valence-electron chi connectivity index (χ4n) is 4.58. The summed E-state index contributed by atoms with van der Waals surface area (Å²) < 4.78 is 12.8. The van der Waals surface area contributed by atoms with E-state index in [4.69, 9.17) is 0 Å². The Morgan fingerprint density at radius 3 is 2.75 bits per heavy atom. The summed E-state index contributed by atoms with van der Waals surface area (Å²) >= 11 is 0.